The molecule has 0 aliphatic heterocycles. The zero-order valence-electron chi connectivity index (χ0n) is 32.0. The molecule has 0 saturated carbocycles. The molecule has 0 radical (unpaired) electrons. The summed E-state index contributed by atoms with van der Waals surface area (Å²) in [6, 6.07) is 62.8. The van der Waals surface area contributed by atoms with Gasteiger partial charge in [-0.25, -0.2) is 0 Å². The minimum absolute atomic E-state index is 0.105. The van der Waals surface area contributed by atoms with E-state index in [1.54, 1.807) is 0 Å². The highest BCUT2D eigenvalue weighted by Crippen LogP contribution is 2.49. The van der Waals surface area contributed by atoms with Gasteiger partial charge in [0.25, 0.3) is 0 Å². The van der Waals surface area contributed by atoms with Gasteiger partial charge in [0.05, 0.1) is 0 Å². The van der Waals surface area contributed by atoms with E-state index in [2.05, 4.69) is 209 Å². The van der Waals surface area contributed by atoms with Crippen LogP contribution in [0, 0.1) is 6.92 Å². The van der Waals surface area contributed by atoms with Gasteiger partial charge in [0.1, 0.15) is 0 Å². The van der Waals surface area contributed by atoms with Crippen LogP contribution in [-0.4, -0.2) is 0 Å². The smallest absolute Gasteiger partial charge is 0.0493 e. The van der Waals surface area contributed by atoms with Crippen LogP contribution < -0.4 is 4.90 Å². The monoisotopic (exact) mass is 697 g/mol. The highest BCUT2D eigenvalue weighted by Gasteiger charge is 2.38. The number of rotatable bonds is 6. The third-order valence-corrected chi connectivity index (χ3v) is 12.0. The van der Waals surface area contributed by atoms with E-state index in [-0.39, 0.29) is 10.8 Å². The quantitative estimate of drug-likeness (QED) is 0.156. The van der Waals surface area contributed by atoms with Crippen LogP contribution in [-0.2, 0) is 10.8 Å². The highest BCUT2D eigenvalue weighted by atomic mass is 15.1. The lowest BCUT2D eigenvalue weighted by Crippen LogP contribution is -2.34. The van der Waals surface area contributed by atoms with E-state index in [0.717, 1.165) is 11.4 Å². The Labute approximate surface area is 320 Å². The van der Waals surface area contributed by atoms with Gasteiger partial charge in [0.15, 0.2) is 0 Å². The van der Waals surface area contributed by atoms with Crippen molar-refractivity contribution >= 4 is 38.6 Å². The zero-order chi connectivity index (χ0) is 37.0. The molecule has 8 aromatic rings. The predicted octanol–water partition coefficient (Wildman–Crippen LogP) is 15.1. The van der Waals surface area contributed by atoms with Gasteiger partial charge in [-0.1, -0.05) is 155 Å². The Morgan fingerprint density at radius 1 is 0.407 bits per heavy atom. The molecule has 0 fully saturated rings. The average Bonchev–Trinajstić information content (AvgIpc) is 3.21. The first-order chi connectivity index (χ1) is 26.2. The van der Waals surface area contributed by atoms with Crippen LogP contribution >= 0.6 is 0 Å². The molecule has 1 heteroatoms. The lowest BCUT2D eigenvalue weighted by Gasteiger charge is -2.43. The van der Waals surface area contributed by atoms with Crippen molar-refractivity contribution in [3.05, 3.63) is 187 Å². The van der Waals surface area contributed by atoms with E-state index in [1.165, 1.54) is 90.1 Å². The molecule has 9 rings (SSSR count). The molecule has 0 spiro atoms. The van der Waals surface area contributed by atoms with E-state index in [4.69, 9.17) is 0 Å². The van der Waals surface area contributed by atoms with Gasteiger partial charge in [-0.05, 0) is 145 Å². The van der Waals surface area contributed by atoms with Crippen LogP contribution in [0.1, 0.15) is 57.2 Å². The number of hydrogen-bond acceptors (Lipinski definition) is 1. The van der Waals surface area contributed by atoms with Gasteiger partial charge in [-0.2, -0.15) is 0 Å². The van der Waals surface area contributed by atoms with E-state index < -0.39 is 0 Å². The minimum Gasteiger partial charge on any atom is -0.310 e. The molecule has 0 bridgehead atoms. The summed E-state index contributed by atoms with van der Waals surface area (Å²) in [5.41, 5.74) is 15.4. The predicted molar refractivity (Wildman–Crippen MR) is 232 cm³/mol. The molecule has 0 saturated heterocycles. The van der Waals surface area contributed by atoms with Crippen molar-refractivity contribution in [3.63, 3.8) is 0 Å². The number of hydrogen-bond donors (Lipinski definition) is 0. The van der Waals surface area contributed by atoms with Crippen molar-refractivity contribution in [2.75, 3.05) is 4.90 Å². The molecular formula is C53H47N. The first kappa shape index (κ1) is 33.9. The Kier molecular flexibility index (Phi) is 8.27. The van der Waals surface area contributed by atoms with Gasteiger partial charge >= 0.3 is 0 Å². The van der Waals surface area contributed by atoms with Gasteiger partial charge in [0.2, 0.25) is 0 Å². The summed E-state index contributed by atoms with van der Waals surface area (Å²) in [6.07, 6.45) is 2.38. The van der Waals surface area contributed by atoms with E-state index in [1.807, 2.05) is 0 Å². The molecule has 1 aliphatic carbocycles. The Bertz CT molecular complexity index is 2640. The van der Waals surface area contributed by atoms with Gasteiger partial charge in [-0.3, -0.25) is 0 Å². The molecule has 0 aromatic heterocycles. The van der Waals surface area contributed by atoms with Gasteiger partial charge < -0.3 is 4.90 Å². The molecule has 0 atom stereocenters. The normalized spacial score (nSPS) is 14.5. The summed E-state index contributed by atoms with van der Waals surface area (Å²) >= 11 is 0. The summed E-state index contributed by atoms with van der Waals surface area (Å²) in [7, 11) is 0. The maximum atomic E-state index is 2.51. The van der Waals surface area contributed by atoms with Crippen molar-refractivity contribution in [2.24, 2.45) is 0 Å². The average molecular weight is 698 g/mol. The number of fused-ring (bicyclic) bond motifs is 4. The van der Waals surface area contributed by atoms with Crippen LogP contribution in [0.5, 0.6) is 0 Å². The molecule has 54 heavy (non-hydrogen) atoms. The largest absolute Gasteiger partial charge is 0.310 e. The minimum atomic E-state index is 0.105. The van der Waals surface area contributed by atoms with Crippen molar-refractivity contribution < 1.29 is 0 Å². The number of benzene rings is 8. The summed E-state index contributed by atoms with van der Waals surface area (Å²) in [4.78, 5) is 2.47. The summed E-state index contributed by atoms with van der Waals surface area (Å²) in [6.45, 7) is 12.0. The van der Waals surface area contributed by atoms with Crippen LogP contribution in [0.25, 0.3) is 54.9 Å². The van der Waals surface area contributed by atoms with Crippen molar-refractivity contribution in [1.82, 2.24) is 0 Å². The Balaban J connectivity index is 1.17. The second-order valence-corrected chi connectivity index (χ2v) is 16.5. The SMILES string of the molecule is Cc1cc2c(cc1N(c1ccc(-c3cccc(-c4ccccc4)c3)cc1)c1ccc(-c3cc4ccccc4c4ccccc34)cc1)C(C)(C)CCC2(C)C. The van der Waals surface area contributed by atoms with Gasteiger partial charge in [-0.15, -0.1) is 0 Å². The first-order valence-electron chi connectivity index (χ1n) is 19.4. The standard InChI is InChI=1S/C53H47N/c1-36-32-49-50(53(4,5)31-30-52(49,2)3)35-51(36)54(43-26-22-38(23-27-43)41-18-13-17-40(33-41)37-14-7-6-8-15-37)44-28-24-39(25-29-44)48-34-42-16-9-10-19-45(42)46-20-11-12-21-47(46)48/h6-29,32-35H,30-31H2,1-5H3. The second-order valence-electron chi connectivity index (χ2n) is 16.5. The molecule has 1 aliphatic rings. The summed E-state index contributed by atoms with van der Waals surface area (Å²) in [5.74, 6) is 0. The topological polar surface area (TPSA) is 3.24 Å². The lowest BCUT2D eigenvalue weighted by molar-refractivity contribution is 0.332. The van der Waals surface area contributed by atoms with Crippen LogP contribution in [0.4, 0.5) is 17.1 Å². The first-order valence-corrected chi connectivity index (χ1v) is 19.4. The van der Waals surface area contributed by atoms with Gasteiger partial charge in [0, 0.05) is 17.1 Å². The highest BCUT2D eigenvalue weighted by molar-refractivity contribution is 6.13. The second kappa shape index (κ2) is 13.2. The van der Waals surface area contributed by atoms with Crippen LogP contribution in [0.2, 0.25) is 0 Å². The maximum absolute atomic E-state index is 2.51. The molecule has 1 nitrogen and oxygen atoms in total. The lowest BCUT2D eigenvalue weighted by atomic mass is 9.63. The molecule has 264 valence electrons. The van der Waals surface area contributed by atoms with Crippen molar-refractivity contribution in [3.8, 4) is 33.4 Å². The summed E-state index contributed by atoms with van der Waals surface area (Å²) < 4.78 is 0. The third kappa shape index (κ3) is 5.99. The molecule has 8 aromatic carbocycles. The fourth-order valence-corrected chi connectivity index (χ4v) is 8.77. The maximum Gasteiger partial charge on any atom is 0.0493 e. The summed E-state index contributed by atoms with van der Waals surface area (Å²) in [5, 5.41) is 5.13. The molecular weight excluding hydrogens is 651 g/mol. The number of aryl methyl sites for hydroxylation is 1. The Hall–Kier alpha value is -5.92. The molecule has 0 heterocycles. The zero-order valence-corrected chi connectivity index (χ0v) is 32.0. The molecule has 0 unspecified atom stereocenters. The van der Waals surface area contributed by atoms with E-state index in [0.29, 0.717) is 0 Å². The molecule has 0 amide bonds. The Morgan fingerprint density at radius 3 is 1.56 bits per heavy atom. The third-order valence-electron chi connectivity index (χ3n) is 12.0. The van der Waals surface area contributed by atoms with Crippen LogP contribution in [0.15, 0.2) is 170 Å². The van der Waals surface area contributed by atoms with Crippen molar-refractivity contribution in [1.29, 1.82) is 0 Å². The number of nitrogens with zero attached hydrogens (tertiary/aromatic N) is 1. The van der Waals surface area contributed by atoms with E-state index in [9.17, 15) is 0 Å². The van der Waals surface area contributed by atoms with E-state index >= 15 is 0 Å². The fourth-order valence-electron chi connectivity index (χ4n) is 8.77. The molecule has 0 N–H and O–H groups in total. The number of anilines is 3. The van der Waals surface area contributed by atoms with Crippen molar-refractivity contribution in [2.45, 2.75) is 58.3 Å². The van der Waals surface area contributed by atoms with Crippen LogP contribution in [0.3, 0.4) is 0 Å². The Morgan fingerprint density at radius 2 is 0.907 bits per heavy atom. The fraction of sp³-hybridized carbons (Fsp3) is 0.170.